The van der Waals surface area contributed by atoms with Crippen LogP contribution in [0.2, 0.25) is 5.15 Å². The molecule has 3 aromatic heterocycles. The van der Waals surface area contributed by atoms with Crippen molar-refractivity contribution in [3.63, 3.8) is 0 Å². The van der Waals surface area contributed by atoms with Gasteiger partial charge in [0.1, 0.15) is 5.15 Å². The number of hydrogen-bond donors (Lipinski definition) is 1. The molecule has 0 spiro atoms. The summed E-state index contributed by atoms with van der Waals surface area (Å²) in [5.74, 6) is 0.768. The van der Waals surface area contributed by atoms with E-state index < -0.39 is 0 Å². The first-order valence-corrected chi connectivity index (χ1v) is 7.60. The van der Waals surface area contributed by atoms with Crippen molar-refractivity contribution in [1.82, 2.24) is 24.7 Å². The molecule has 4 aromatic rings. The minimum Gasteiger partial charge on any atom is -0.368 e. The van der Waals surface area contributed by atoms with Gasteiger partial charge in [0.2, 0.25) is 11.1 Å². The maximum atomic E-state index is 5.97. The predicted molar refractivity (Wildman–Crippen MR) is 87.2 cm³/mol. The quantitative estimate of drug-likeness (QED) is 0.571. The molecule has 0 saturated heterocycles. The molecular formula is C14H9ClN6S. The summed E-state index contributed by atoms with van der Waals surface area (Å²) < 4.78 is 2.61. The lowest BCUT2D eigenvalue weighted by Crippen LogP contribution is -2.01. The van der Waals surface area contributed by atoms with Crippen molar-refractivity contribution in [2.45, 2.75) is 0 Å². The zero-order chi connectivity index (χ0) is 15.1. The zero-order valence-corrected chi connectivity index (χ0v) is 12.7. The Balaban J connectivity index is 1.81. The molecule has 8 heteroatoms. The Kier molecular flexibility index (Phi) is 3.02. The van der Waals surface area contributed by atoms with Crippen LogP contribution in [0.1, 0.15) is 0 Å². The van der Waals surface area contributed by atoms with Gasteiger partial charge in [-0.25, -0.2) is 9.97 Å². The van der Waals surface area contributed by atoms with Crippen LogP contribution in [0.15, 0.2) is 42.6 Å². The minimum atomic E-state index is 0.281. The standard InChI is InChI=1S/C14H9ClN6S/c15-11-6-5-8(7-17-11)12-19-13(16)21(20-12)14-18-9-3-1-2-4-10(9)22-14/h1-7H,(H2,16,19,20). The topological polar surface area (TPSA) is 82.5 Å². The van der Waals surface area contributed by atoms with Crippen LogP contribution in [0.3, 0.4) is 0 Å². The third-order valence-corrected chi connectivity index (χ3v) is 4.32. The number of anilines is 1. The highest BCUT2D eigenvalue weighted by Crippen LogP contribution is 2.26. The number of thiazole rings is 1. The minimum absolute atomic E-state index is 0.281. The van der Waals surface area contributed by atoms with E-state index in [4.69, 9.17) is 17.3 Å². The van der Waals surface area contributed by atoms with Crippen molar-refractivity contribution in [3.8, 4) is 16.5 Å². The lowest BCUT2D eigenvalue weighted by Gasteiger charge is -1.95. The van der Waals surface area contributed by atoms with Crippen LogP contribution in [0.4, 0.5) is 5.95 Å². The summed E-state index contributed by atoms with van der Waals surface area (Å²) in [6.07, 6.45) is 1.61. The molecule has 0 fully saturated rings. The smallest absolute Gasteiger partial charge is 0.226 e. The summed E-state index contributed by atoms with van der Waals surface area (Å²) in [4.78, 5) is 12.8. The number of fused-ring (bicyclic) bond motifs is 1. The lowest BCUT2D eigenvalue weighted by molar-refractivity contribution is 0.886. The van der Waals surface area contributed by atoms with E-state index in [1.54, 1.807) is 18.3 Å². The number of para-hydroxylation sites is 1. The Hall–Kier alpha value is -2.51. The second kappa shape index (κ2) is 5.04. The van der Waals surface area contributed by atoms with Crippen molar-refractivity contribution in [3.05, 3.63) is 47.7 Å². The molecule has 22 heavy (non-hydrogen) atoms. The number of nitrogen functional groups attached to an aromatic ring is 1. The van der Waals surface area contributed by atoms with Gasteiger partial charge in [-0.1, -0.05) is 35.1 Å². The van der Waals surface area contributed by atoms with E-state index in [9.17, 15) is 0 Å². The van der Waals surface area contributed by atoms with Crippen LogP contribution < -0.4 is 5.73 Å². The number of nitrogens with zero attached hydrogens (tertiary/aromatic N) is 5. The fourth-order valence-corrected chi connectivity index (χ4v) is 3.08. The summed E-state index contributed by atoms with van der Waals surface area (Å²) in [5.41, 5.74) is 7.63. The van der Waals surface area contributed by atoms with Gasteiger partial charge in [0.15, 0.2) is 5.82 Å². The monoisotopic (exact) mass is 328 g/mol. The van der Waals surface area contributed by atoms with Gasteiger partial charge in [-0.2, -0.15) is 9.67 Å². The Bertz CT molecular complexity index is 926. The number of aromatic nitrogens is 5. The van der Waals surface area contributed by atoms with Gasteiger partial charge in [0.05, 0.1) is 10.2 Å². The Morgan fingerprint density at radius 1 is 1.09 bits per heavy atom. The number of rotatable bonds is 2. The van der Waals surface area contributed by atoms with Gasteiger partial charge < -0.3 is 5.73 Å². The van der Waals surface area contributed by atoms with E-state index in [1.165, 1.54) is 16.0 Å². The zero-order valence-electron chi connectivity index (χ0n) is 11.1. The van der Waals surface area contributed by atoms with Crippen LogP contribution >= 0.6 is 22.9 Å². The summed E-state index contributed by atoms with van der Waals surface area (Å²) in [7, 11) is 0. The van der Waals surface area contributed by atoms with Crippen molar-refractivity contribution in [2.75, 3.05) is 5.73 Å². The molecular weight excluding hydrogens is 320 g/mol. The van der Waals surface area contributed by atoms with Crippen LogP contribution in [-0.4, -0.2) is 24.7 Å². The maximum absolute atomic E-state index is 5.97. The fourth-order valence-electron chi connectivity index (χ4n) is 2.05. The Morgan fingerprint density at radius 2 is 1.95 bits per heavy atom. The van der Waals surface area contributed by atoms with Crippen molar-refractivity contribution in [1.29, 1.82) is 0 Å². The lowest BCUT2D eigenvalue weighted by atomic mass is 10.3. The maximum Gasteiger partial charge on any atom is 0.226 e. The number of halogens is 1. The van der Waals surface area contributed by atoms with E-state index in [-0.39, 0.29) is 5.95 Å². The van der Waals surface area contributed by atoms with Crippen LogP contribution in [-0.2, 0) is 0 Å². The average molecular weight is 329 g/mol. The van der Waals surface area contributed by atoms with Crippen molar-refractivity contribution < 1.29 is 0 Å². The van der Waals surface area contributed by atoms with Crippen molar-refractivity contribution in [2.24, 2.45) is 0 Å². The highest BCUT2D eigenvalue weighted by Gasteiger charge is 2.14. The molecule has 0 aliphatic carbocycles. The Morgan fingerprint density at radius 3 is 2.73 bits per heavy atom. The van der Waals surface area contributed by atoms with Crippen LogP contribution in [0, 0.1) is 0 Å². The number of nitrogens with two attached hydrogens (primary N) is 1. The summed E-state index contributed by atoms with van der Waals surface area (Å²) in [5, 5.41) is 5.52. The fraction of sp³-hybridized carbons (Fsp3) is 0. The van der Waals surface area contributed by atoms with Gasteiger partial charge in [0.25, 0.3) is 0 Å². The van der Waals surface area contributed by atoms with Crippen LogP contribution in [0.5, 0.6) is 0 Å². The van der Waals surface area contributed by atoms with Gasteiger partial charge in [-0.05, 0) is 24.3 Å². The molecule has 0 bridgehead atoms. The molecule has 108 valence electrons. The second-order valence-corrected chi connectivity index (χ2v) is 5.94. The highest BCUT2D eigenvalue weighted by atomic mass is 35.5. The van der Waals surface area contributed by atoms with E-state index >= 15 is 0 Å². The molecule has 2 N–H and O–H groups in total. The molecule has 4 rings (SSSR count). The molecule has 6 nitrogen and oxygen atoms in total. The first-order chi connectivity index (χ1) is 10.7. The molecule has 0 unspecified atom stereocenters. The second-order valence-electron chi connectivity index (χ2n) is 4.54. The number of pyridine rings is 1. The van der Waals surface area contributed by atoms with E-state index in [0.717, 1.165) is 15.8 Å². The molecule has 0 aliphatic rings. The van der Waals surface area contributed by atoms with Gasteiger partial charge in [-0.15, -0.1) is 5.10 Å². The molecule has 0 aliphatic heterocycles. The molecule has 3 heterocycles. The van der Waals surface area contributed by atoms with Gasteiger partial charge in [0, 0.05) is 11.8 Å². The molecule has 0 atom stereocenters. The Labute approximate surface area is 134 Å². The first kappa shape index (κ1) is 13.2. The van der Waals surface area contributed by atoms with E-state index in [1.807, 2.05) is 24.3 Å². The third-order valence-electron chi connectivity index (χ3n) is 3.08. The first-order valence-electron chi connectivity index (χ1n) is 6.41. The summed E-state index contributed by atoms with van der Waals surface area (Å²) in [6, 6.07) is 11.4. The number of benzene rings is 1. The van der Waals surface area contributed by atoms with Crippen LogP contribution in [0.25, 0.3) is 26.7 Å². The third kappa shape index (κ3) is 2.20. The van der Waals surface area contributed by atoms with Crippen molar-refractivity contribution >= 4 is 39.1 Å². The average Bonchev–Trinajstić information content (AvgIpc) is 3.11. The highest BCUT2D eigenvalue weighted by molar-refractivity contribution is 7.20. The summed E-state index contributed by atoms with van der Waals surface area (Å²) in [6.45, 7) is 0. The number of hydrogen-bond acceptors (Lipinski definition) is 6. The van der Waals surface area contributed by atoms with E-state index in [0.29, 0.717) is 16.1 Å². The predicted octanol–water partition coefficient (Wildman–Crippen LogP) is 3.17. The summed E-state index contributed by atoms with van der Waals surface area (Å²) >= 11 is 7.29. The normalized spacial score (nSPS) is 11.1. The van der Waals surface area contributed by atoms with Gasteiger partial charge in [-0.3, -0.25) is 0 Å². The van der Waals surface area contributed by atoms with E-state index in [2.05, 4.69) is 20.1 Å². The molecule has 0 amide bonds. The molecule has 1 aromatic carbocycles. The molecule has 0 radical (unpaired) electrons. The molecule has 0 saturated carbocycles. The van der Waals surface area contributed by atoms with Gasteiger partial charge >= 0.3 is 0 Å². The largest absolute Gasteiger partial charge is 0.368 e. The SMILES string of the molecule is Nc1nc(-c2ccc(Cl)nc2)nn1-c1nc2ccccc2s1.